The van der Waals surface area contributed by atoms with Crippen molar-refractivity contribution >= 4 is 32.6 Å². The zero-order chi connectivity index (χ0) is 27.2. The van der Waals surface area contributed by atoms with Gasteiger partial charge in [-0.2, -0.15) is 0 Å². The largest absolute Gasteiger partial charge is 0.340 e. The summed E-state index contributed by atoms with van der Waals surface area (Å²) in [4.78, 5) is 29.2. The Bertz CT molecular complexity index is 1850. The van der Waals surface area contributed by atoms with Gasteiger partial charge in [0.1, 0.15) is 27.4 Å². The van der Waals surface area contributed by atoms with Gasteiger partial charge in [0.05, 0.1) is 16.6 Å². The molecule has 1 aliphatic heterocycles. The predicted molar refractivity (Wildman–Crippen MR) is 159 cm³/mol. The van der Waals surface area contributed by atoms with Crippen LogP contribution in [0.3, 0.4) is 0 Å². The fourth-order valence-corrected chi connectivity index (χ4v) is 6.73. The van der Waals surface area contributed by atoms with Crippen LogP contribution in [0, 0.1) is 5.82 Å². The SMILES string of the molecule is CN1CCC(c2ccc(-c3nc4ccn(C(c5cccc(F)c5)c5nc6ccccc6[nH]5)c(=O)c4s3)cc2)CC1. The lowest BCUT2D eigenvalue weighted by Crippen LogP contribution is -2.29. The fraction of sp³-hybridized carbons (Fsp3) is 0.219. The van der Waals surface area contributed by atoms with Gasteiger partial charge in [-0.1, -0.05) is 48.5 Å². The maximum atomic E-state index is 14.3. The van der Waals surface area contributed by atoms with Crippen molar-refractivity contribution in [1.29, 1.82) is 0 Å². The topological polar surface area (TPSA) is 66.8 Å². The van der Waals surface area contributed by atoms with Gasteiger partial charge in [-0.25, -0.2) is 14.4 Å². The van der Waals surface area contributed by atoms with Crippen LogP contribution in [-0.2, 0) is 0 Å². The van der Waals surface area contributed by atoms with Crippen molar-refractivity contribution in [2.75, 3.05) is 20.1 Å². The van der Waals surface area contributed by atoms with Gasteiger partial charge in [-0.15, -0.1) is 11.3 Å². The smallest absolute Gasteiger partial charge is 0.271 e. The van der Waals surface area contributed by atoms with E-state index in [4.69, 9.17) is 9.97 Å². The highest BCUT2D eigenvalue weighted by molar-refractivity contribution is 7.21. The number of pyridine rings is 1. The standard InChI is InChI=1S/C32H28FN5OS/c1-37-16-13-21(14-17-37)20-9-11-22(12-10-20)31-36-27-15-18-38(32(39)29(27)40-31)28(23-5-4-6-24(33)19-23)30-34-25-7-2-3-8-26(25)35-30/h2-12,15,18-19,21,28H,13-14,16-17H2,1H3,(H,34,35). The normalized spacial score (nSPS) is 15.7. The van der Waals surface area contributed by atoms with E-state index in [1.807, 2.05) is 36.4 Å². The van der Waals surface area contributed by atoms with E-state index >= 15 is 0 Å². The molecule has 0 amide bonds. The fourth-order valence-electron chi connectivity index (χ4n) is 5.73. The molecule has 0 radical (unpaired) electrons. The van der Waals surface area contributed by atoms with Gasteiger partial charge in [-0.3, -0.25) is 9.36 Å². The Morgan fingerprint density at radius 1 is 0.950 bits per heavy atom. The zero-order valence-corrected chi connectivity index (χ0v) is 22.9. The van der Waals surface area contributed by atoms with E-state index < -0.39 is 6.04 Å². The number of aromatic nitrogens is 4. The highest BCUT2D eigenvalue weighted by Gasteiger charge is 2.24. The van der Waals surface area contributed by atoms with Crippen LogP contribution in [0.4, 0.5) is 4.39 Å². The first-order valence-corrected chi connectivity index (χ1v) is 14.4. The van der Waals surface area contributed by atoms with Gasteiger partial charge in [0.25, 0.3) is 5.56 Å². The Morgan fingerprint density at radius 3 is 2.52 bits per heavy atom. The van der Waals surface area contributed by atoms with E-state index in [2.05, 4.69) is 41.2 Å². The molecule has 8 heteroatoms. The summed E-state index contributed by atoms with van der Waals surface area (Å²) in [6, 6.07) is 23.9. The maximum absolute atomic E-state index is 14.3. The molecule has 1 aliphatic rings. The molecule has 0 bridgehead atoms. The zero-order valence-electron chi connectivity index (χ0n) is 22.0. The molecule has 1 fully saturated rings. The Kier molecular flexibility index (Phi) is 6.29. The summed E-state index contributed by atoms with van der Waals surface area (Å²) in [6.45, 7) is 2.25. The number of rotatable bonds is 5. The first-order valence-electron chi connectivity index (χ1n) is 13.5. The molecule has 3 aromatic carbocycles. The monoisotopic (exact) mass is 549 g/mol. The van der Waals surface area contributed by atoms with Crippen molar-refractivity contribution in [2.24, 2.45) is 0 Å². The van der Waals surface area contributed by atoms with Crippen LogP contribution in [0.15, 0.2) is 89.9 Å². The number of nitrogens with one attached hydrogen (secondary N) is 1. The second-order valence-electron chi connectivity index (χ2n) is 10.6. The number of imidazole rings is 1. The molecule has 40 heavy (non-hydrogen) atoms. The number of aromatic amines is 1. The van der Waals surface area contributed by atoms with Gasteiger partial charge in [0.15, 0.2) is 0 Å². The van der Waals surface area contributed by atoms with E-state index in [0.29, 0.717) is 27.5 Å². The summed E-state index contributed by atoms with van der Waals surface area (Å²) in [6.07, 6.45) is 4.09. The molecular weight excluding hydrogens is 521 g/mol. The Balaban J connectivity index is 1.28. The van der Waals surface area contributed by atoms with Crippen LogP contribution >= 0.6 is 11.3 Å². The van der Waals surface area contributed by atoms with Gasteiger partial charge in [0.2, 0.25) is 0 Å². The lowest BCUT2D eigenvalue weighted by atomic mass is 9.89. The minimum absolute atomic E-state index is 0.182. The summed E-state index contributed by atoms with van der Waals surface area (Å²) >= 11 is 1.39. The lowest BCUT2D eigenvalue weighted by Gasteiger charge is -2.29. The molecule has 3 aromatic heterocycles. The number of hydrogen-bond donors (Lipinski definition) is 1. The van der Waals surface area contributed by atoms with Crippen LogP contribution in [0.25, 0.3) is 31.8 Å². The number of para-hydroxylation sites is 2. The van der Waals surface area contributed by atoms with Crippen molar-refractivity contribution in [2.45, 2.75) is 24.8 Å². The third-order valence-corrected chi connectivity index (χ3v) is 9.04. The summed E-state index contributed by atoms with van der Waals surface area (Å²) in [7, 11) is 2.18. The molecule has 0 spiro atoms. The third-order valence-electron chi connectivity index (χ3n) is 7.93. The Labute approximate surface area is 234 Å². The minimum Gasteiger partial charge on any atom is -0.340 e. The van der Waals surface area contributed by atoms with Crippen molar-refractivity contribution in [3.05, 3.63) is 118 Å². The van der Waals surface area contributed by atoms with Crippen molar-refractivity contribution in [1.82, 2.24) is 24.4 Å². The molecule has 6 nitrogen and oxygen atoms in total. The van der Waals surface area contributed by atoms with E-state index in [1.54, 1.807) is 16.8 Å². The first kappa shape index (κ1) is 24.9. The molecule has 1 unspecified atom stereocenters. The molecule has 200 valence electrons. The molecule has 6 aromatic rings. The maximum Gasteiger partial charge on any atom is 0.271 e. The Hall–Kier alpha value is -4.14. The van der Waals surface area contributed by atoms with Gasteiger partial charge >= 0.3 is 0 Å². The number of halogens is 1. The molecule has 0 aliphatic carbocycles. The van der Waals surface area contributed by atoms with Crippen molar-refractivity contribution in [3.63, 3.8) is 0 Å². The van der Waals surface area contributed by atoms with Crippen LogP contribution in [0.1, 0.15) is 41.8 Å². The second-order valence-corrected chi connectivity index (χ2v) is 11.6. The van der Waals surface area contributed by atoms with E-state index in [9.17, 15) is 9.18 Å². The minimum atomic E-state index is -0.626. The number of fused-ring (bicyclic) bond motifs is 2. The average Bonchev–Trinajstić information content (AvgIpc) is 3.60. The van der Waals surface area contributed by atoms with Crippen LogP contribution in [-0.4, -0.2) is 44.6 Å². The summed E-state index contributed by atoms with van der Waals surface area (Å²) < 4.78 is 16.5. The van der Waals surface area contributed by atoms with Gasteiger partial charge in [-0.05, 0) is 80.4 Å². The number of hydrogen-bond acceptors (Lipinski definition) is 5. The summed E-state index contributed by atoms with van der Waals surface area (Å²) in [5.74, 6) is 0.796. The number of nitrogens with zero attached hydrogens (tertiary/aromatic N) is 4. The summed E-state index contributed by atoms with van der Waals surface area (Å²) in [5, 5.41) is 0.811. The molecule has 1 N–H and O–H groups in total. The van der Waals surface area contributed by atoms with Crippen LogP contribution in [0.5, 0.6) is 0 Å². The lowest BCUT2D eigenvalue weighted by molar-refractivity contribution is 0.255. The highest BCUT2D eigenvalue weighted by Crippen LogP contribution is 2.33. The Morgan fingerprint density at radius 2 is 1.75 bits per heavy atom. The second kappa shape index (κ2) is 10.1. The van der Waals surface area contributed by atoms with E-state index in [0.717, 1.165) is 34.7 Å². The highest BCUT2D eigenvalue weighted by atomic mass is 32.1. The number of H-pyrrole nitrogens is 1. The summed E-state index contributed by atoms with van der Waals surface area (Å²) in [5.41, 5.74) is 5.12. The molecule has 0 saturated carbocycles. The number of likely N-dealkylation sites (tertiary alicyclic amines) is 1. The average molecular weight is 550 g/mol. The van der Waals surface area contributed by atoms with E-state index in [1.165, 1.54) is 41.9 Å². The van der Waals surface area contributed by atoms with Gasteiger partial charge < -0.3 is 9.88 Å². The molecule has 4 heterocycles. The van der Waals surface area contributed by atoms with Gasteiger partial charge in [0, 0.05) is 11.8 Å². The number of benzene rings is 3. The number of thiazole rings is 1. The third kappa shape index (κ3) is 4.53. The molecule has 7 rings (SSSR count). The first-order chi connectivity index (χ1) is 19.5. The van der Waals surface area contributed by atoms with E-state index in [-0.39, 0.29) is 11.4 Å². The predicted octanol–water partition coefficient (Wildman–Crippen LogP) is 6.59. The van der Waals surface area contributed by atoms with Crippen molar-refractivity contribution in [3.8, 4) is 10.6 Å². The van der Waals surface area contributed by atoms with Crippen LogP contribution in [0.2, 0.25) is 0 Å². The quantitative estimate of drug-likeness (QED) is 0.264. The van der Waals surface area contributed by atoms with Crippen LogP contribution < -0.4 is 5.56 Å². The van der Waals surface area contributed by atoms with Crippen molar-refractivity contribution < 1.29 is 4.39 Å². The molecule has 1 saturated heterocycles. The molecular formula is C32H28FN5OS. The molecule has 1 atom stereocenters. The number of piperidine rings is 1.